The Morgan fingerprint density at radius 3 is 1.36 bits per heavy atom. The first-order valence-electron chi connectivity index (χ1n) is 18.1. The van der Waals surface area contributed by atoms with E-state index < -0.39 is 11.9 Å². The molecule has 0 aliphatic carbocycles. The molecule has 16 heteroatoms. The smallest absolute Gasteiger partial charge is 0.870 e. The van der Waals surface area contributed by atoms with Gasteiger partial charge >= 0.3 is 30.8 Å². The Labute approximate surface area is 359 Å². The van der Waals surface area contributed by atoms with E-state index in [0.717, 1.165) is 11.4 Å². The predicted molar refractivity (Wildman–Crippen MR) is 229 cm³/mol. The first kappa shape index (κ1) is 47.7. The zero-order chi connectivity index (χ0) is 41.6. The van der Waals surface area contributed by atoms with Crippen molar-refractivity contribution in [1.29, 1.82) is 0 Å². The maximum atomic E-state index is 13.3. The number of halogens is 2. The molecule has 0 radical (unpaired) electrons. The molecule has 13 nitrogen and oxygen atoms in total. The van der Waals surface area contributed by atoms with Gasteiger partial charge in [0.25, 0.3) is 0 Å². The van der Waals surface area contributed by atoms with E-state index >= 15 is 0 Å². The number of pyridine rings is 4. The number of hydrogen-bond acceptors (Lipinski definition) is 10. The average molecular weight is 828 g/mol. The van der Waals surface area contributed by atoms with E-state index in [9.17, 15) is 24.3 Å². The van der Waals surface area contributed by atoms with Crippen LogP contribution in [-0.4, -0.2) is 76.4 Å². The van der Waals surface area contributed by atoms with Crippen LogP contribution in [0.2, 0.25) is 10.0 Å². The van der Waals surface area contributed by atoms with Crippen molar-refractivity contribution in [3.05, 3.63) is 90.4 Å². The van der Waals surface area contributed by atoms with E-state index in [1.165, 1.54) is 0 Å². The Morgan fingerprint density at radius 1 is 0.672 bits per heavy atom. The molecule has 0 saturated heterocycles. The summed E-state index contributed by atoms with van der Waals surface area (Å²) in [5.74, 6) is -1.42. The second-order valence-corrected chi connectivity index (χ2v) is 16.9. The molecule has 4 heterocycles. The van der Waals surface area contributed by atoms with Gasteiger partial charge in [-0.25, -0.2) is 9.97 Å². The third kappa shape index (κ3) is 9.30. The Morgan fingerprint density at radius 2 is 1.03 bits per heavy atom. The molecule has 304 valence electrons. The number of rotatable bonds is 7. The number of aromatic nitrogens is 4. The van der Waals surface area contributed by atoms with Crippen LogP contribution in [0.4, 0.5) is 11.4 Å². The first-order valence-corrected chi connectivity index (χ1v) is 18.9. The van der Waals surface area contributed by atoms with Gasteiger partial charge in [-0.2, -0.15) is 0 Å². The second-order valence-electron chi connectivity index (χ2n) is 16.0. The summed E-state index contributed by atoms with van der Waals surface area (Å²) in [5, 5.41) is 12.2. The zero-order valence-electron chi connectivity index (χ0n) is 35.1. The van der Waals surface area contributed by atoms with Crippen LogP contribution in [-0.2, 0) is 38.2 Å². The number of benzene rings is 2. The molecule has 0 saturated carbocycles. The van der Waals surface area contributed by atoms with Crippen molar-refractivity contribution in [2.45, 2.75) is 72.4 Å². The normalized spacial score (nSPS) is 11.5. The van der Waals surface area contributed by atoms with Crippen LogP contribution >= 0.6 is 23.2 Å². The Balaban J connectivity index is 0.000000301. The van der Waals surface area contributed by atoms with Gasteiger partial charge in [-0.1, -0.05) is 64.7 Å². The molecular weight excluding hydrogens is 778 g/mol. The van der Waals surface area contributed by atoms with Crippen LogP contribution in [0.25, 0.3) is 43.9 Å². The number of carboxylic acid groups (broad SMARTS) is 1. The minimum Gasteiger partial charge on any atom is -0.870 e. The monoisotopic (exact) mass is 826 g/mol. The molecule has 4 aromatic heterocycles. The Kier molecular flexibility index (Phi) is 14.9. The van der Waals surface area contributed by atoms with Crippen LogP contribution in [0.1, 0.15) is 59.9 Å². The molecule has 0 aliphatic rings. The van der Waals surface area contributed by atoms with E-state index in [4.69, 9.17) is 32.9 Å². The summed E-state index contributed by atoms with van der Waals surface area (Å²) in [6.45, 7) is 13.9. The number of esters is 1. The fourth-order valence-corrected chi connectivity index (χ4v) is 7.30. The molecule has 6 aromatic rings. The third-order valence-electron chi connectivity index (χ3n) is 9.30. The number of fused-ring (bicyclic) bond motifs is 4. The van der Waals surface area contributed by atoms with Gasteiger partial charge in [-0.15, -0.1) is 0 Å². The number of nitrogens with zero attached hydrogens (tertiary/aromatic N) is 6. The van der Waals surface area contributed by atoms with Gasteiger partial charge in [0.2, 0.25) is 0 Å². The minimum atomic E-state index is -1.02. The number of carbonyl (C=O) groups is 2. The van der Waals surface area contributed by atoms with Crippen LogP contribution in [0.15, 0.2) is 58.1 Å². The molecule has 2 aromatic carbocycles. The van der Waals surface area contributed by atoms with Crippen LogP contribution in [0.3, 0.4) is 0 Å². The molecule has 0 amide bonds. The number of carbonyl (C=O) groups excluding carboxylic acids is 1. The molecule has 2 N–H and O–H groups in total. The number of anilines is 2. The van der Waals surface area contributed by atoms with Crippen molar-refractivity contribution in [3.63, 3.8) is 0 Å². The summed E-state index contributed by atoms with van der Waals surface area (Å²) in [4.78, 5) is 63.5. The number of aliphatic carboxylic acids is 1. The van der Waals surface area contributed by atoms with Crippen LogP contribution in [0.5, 0.6) is 0 Å². The van der Waals surface area contributed by atoms with Crippen molar-refractivity contribution in [2.75, 3.05) is 44.6 Å². The van der Waals surface area contributed by atoms with Gasteiger partial charge < -0.3 is 34.3 Å². The Bertz CT molecular complexity index is 2660. The van der Waals surface area contributed by atoms with E-state index in [0.29, 0.717) is 65.3 Å². The van der Waals surface area contributed by atoms with E-state index in [1.807, 2.05) is 51.9 Å². The molecule has 0 unspecified atom stereocenters. The van der Waals surface area contributed by atoms with Gasteiger partial charge in [0.1, 0.15) is 24.4 Å². The summed E-state index contributed by atoms with van der Waals surface area (Å²) in [7, 11) is 7.31. The Hall–Kier alpha value is -4.64. The van der Waals surface area contributed by atoms with Gasteiger partial charge in [0.05, 0.1) is 49.8 Å². The van der Waals surface area contributed by atoms with Crippen molar-refractivity contribution >= 4 is 90.4 Å². The molecule has 6 rings (SSSR count). The molecule has 0 atom stereocenters. The average Bonchev–Trinajstić information content (AvgIpc) is 3.10. The van der Waals surface area contributed by atoms with E-state index in [-0.39, 0.29) is 65.7 Å². The quantitative estimate of drug-likeness (QED) is 0.136. The minimum absolute atomic E-state index is 0. The van der Waals surface area contributed by atoms with E-state index in [1.54, 1.807) is 71.5 Å². The summed E-state index contributed by atoms with van der Waals surface area (Å²) in [6, 6.07) is 13.9. The maximum Gasteiger partial charge on any atom is 1.00 e. The SMILES string of the molecule is CCOC(=O)Cn1c2nc(C(C)(C)C)ccc2c(=O)c2ccc(Cl)c(N(C)C)c21.CN(C)c1c(Cl)ccc2c(=O)c3ccc(C(C)(C)C)nc3n(CC(=O)O)c12.[Li+].[OH-]. The number of hydrogen-bond donors (Lipinski definition) is 1. The number of carboxylic acids is 1. The zero-order valence-corrected chi connectivity index (χ0v) is 36.6. The van der Waals surface area contributed by atoms with Crippen molar-refractivity contribution in [2.24, 2.45) is 0 Å². The fourth-order valence-electron chi connectivity index (χ4n) is 6.65. The molecule has 0 spiro atoms. The van der Waals surface area contributed by atoms with Crippen molar-refractivity contribution in [3.8, 4) is 0 Å². The molecular formula is C42H49Cl2LiN6O7. The van der Waals surface area contributed by atoms with Gasteiger partial charge in [0.15, 0.2) is 10.9 Å². The maximum absolute atomic E-state index is 13.3. The van der Waals surface area contributed by atoms with Crippen LogP contribution < -0.4 is 39.5 Å². The third-order valence-corrected chi connectivity index (χ3v) is 9.91. The first-order chi connectivity index (χ1) is 26.1. The fraction of sp³-hybridized carbons (Fsp3) is 0.381. The summed E-state index contributed by atoms with van der Waals surface area (Å²) >= 11 is 12.9. The molecule has 0 aliphatic heterocycles. The summed E-state index contributed by atoms with van der Waals surface area (Å²) < 4.78 is 8.51. The summed E-state index contributed by atoms with van der Waals surface area (Å²) in [5.41, 5.74) is 3.94. The van der Waals surface area contributed by atoms with Gasteiger partial charge in [0, 0.05) is 61.2 Å². The topological polar surface area (TPSA) is 170 Å². The summed E-state index contributed by atoms with van der Waals surface area (Å²) in [6.07, 6.45) is 0. The molecule has 0 bridgehead atoms. The largest absolute Gasteiger partial charge is 1.00 e. The van der Waals surface area contributed by atoms with Crippen molar-refractivity contribution in [1.82, 2.24) is 19.1 Å². The van der Waals surface area contributed by atoms with Gasteiger partial charge in [-0.05, 0) is 55.5 Å². The molecule has 0 fully saturated rings. The second kappa shape index (κ2) is 18.1. The standard InChI is InChI=1S/C22H26ClN3O3.C20H22ClN3O3.Li.H2O/c1-7-29-17(27)12-26-18-13(8-10-15(23)19(18)25(5)6)20(28)14-9-11-16(22(2,3)4)24-21(14)26;1-20(2,3)14-9-7-12-18(27)11-6-8-13(21)17(23(4)5)16(11)24(10-15(25)26)19(12)22-14;;/h8-11H,7,12H2,1-6H3;6-9H,10H2,1-5H3,(H,25,26);;1H2/q;;+1;/p-1. The van der Waals surface area contributed by atoms with Crippen molar-refractivity contribution < 1.29 is 43.8 Å². The van der Waals surface area contributed by atoms with Crippen LogP contribution in [0, 0.1) is 0 Å². The predicted octanol–water partition coefficient (Wildman–Crippen LogP) is 4.61. The van der Waals surface area contributed by atoms with Gasteiger partial charge in [-0.3, -0.25) is 19.2 Å². The van der Waals surface area contributed by atoms with E-state index in [2.05, 4.69) is 25.8 Å². The molecule has 58 heavy (non-hydrogen) atoms. The number of ether oxygens (including phenoxy) is 1.